The molecule has 8 heteroatoms. The van der Waals surface area contributed by atoms with E-state index in [0.29, 0.717) is 11.4 Å². The van der Waals surface area contributed by atoms with E-state index in [1.54, 1.807) is 18.2 Å². The molecule has 0 aliphatic carbocycles. The van der Waals surface area contributed by atoms with Crippen LogP contribution in [0.2, 0.25) is 0 Å². The van der Waals surface area contributed by atoms with Crippen LogP contribution < -0.4 is 16.0 Å². The number of para-hydroxylation sites is 2. The average Bonchev–Trinajstić information content (AvgIpc) is 2.36. The molecule has 3 N–H and O–H groups in total. The maximum absolute atomic E-state index is 12.5. The molecule has 1 heterocycles. The Hall–Kier alpha value is -1.47. The average molecular weight is 296 g/mol. The van der Waals surface area contributed by atoms with Crippen molar-refractivity contribution in [1.82, 2.24) is 0 Å². The van der Waals surface area contributed by atoms with E-state index < -0.39 is 24.7 Å². The lowest BCUT2D eigenvalue weighted by Crippen LogP contribution is -2.45. The SMILES string of the molecule is Cl.N[C@H]1CN(CC(F)(F)F)c2ccccc2NC1=O. The summed E-state index contributed by atoms with van der Waals surface area (Å²) in [6.45, 7) is -1.30. The van der Waals surface area contributed by atoms with Gasteiger partial charge in [0.15, 0.2) is 0 Å². The quantitative estimate of drug-likeness (QED) is 0.830. The number of nitrogens with two attached hydrogens (primary N) is 1. The highest BCUT2D eigenvalue weighted by Crippen LogP contribution is 2.30. The molecule has 19 heavy (non-hydrogen) atoms. The molecule has 0 unspecified atom stereocenters. The number of carbonyl (C=O) groups excluding carboxylic acids is 1. The summed E-state index contributed by atoms with van der Waals surface area (Å²) in [5.74, 6) is -0.480. The Morgan fingerprint density at radius 2 is 2.00 bits per heavy atom. The van der Waals surface area contributed by atoms with Gasteiger partial charge in [0.25, 0.3) is 0 Å². The van der Waals surface area contributed by atoms with Gasteiger partial charge in [-0.1, -0.05) is 12.1 Å². The number of halogens is 4. The molecule has 1 aromatic carbocycles. The molecule has 0 saturated heterocycles. The van der Waals surface area contributed by atoms with Gasteiger partial charge in [0.05, 0.1) is 11.4 Å². The smallest absolute Gasteiger partial charge is 0.359 e. The summed E-state index contributed by atoms with van der Waals surface area (Å²) in [5, 5.41) is 2.51. The number of hydrogen-bond acceptors (Lipinski definition) is 3. The lowest BCUT2D eigenvalue weighted by atomic mass is 10.2. The van der Waals surface area contributed by atoms with Crippen molar-refractivity contribution in [3.63, 3.8) is 0 Å². The normalized spacial score (nSPS) is 19.1. The zero-order chi connectivity index (χ0) is 13.3. The summed E-state index contributed by atoms with van der Waals surface area (Å²) < 4.78 is 37.5. The van der Waals surface area contributed by atoms with Crippen LogP contribution in [0.5, 0.6) is 0 Å². The highest BCUT2D eigenvalue weighted by molar-refractivity contribution is 5.99. The second kappa shape index (κ2) is 5.66. The van der Waals surface area contributed by atoms with Crippen molar-refractivity contribution in [1.29, 1.82) is 0 Å². The van der Waals surface area contributed by atoms with Crippen molar-refractivity contribution in [2.24, 2.45) is 5.73 Å². The molecule has 0 spiro atoms. The third kappa shape index (κ3) is 3.74. The van der Waals surface area contributed by atoms with Crippen molar-refractivity contribution in [3.05, 3.63) is 24.3 Å². The molecule has 0 saturated carbocycles. The minimum atomic E-state index is -4.35. The Balaban J connectivity index is 0.00000180. The second-order valence-electron chi connectivity index (χ2n) is 4.11. The van der Waals surface area contributed by atoms with E-state index >= 15 is 0 Å². The number of carbonyl (C=O) groups is 1. The first kappa shape index (κ1) is 15.6. The van der Waals surface area contributed by atoms with Crippen LogP contribution in [0, 0.1) is 0 Å². The van der Waals surface area contributed by atoms with Crippen molar-refractivity contribution < 1.29 is 18.0 Å². The first-order chi connectivity index (χ1) is 8.37. The molecule has 4 nitrogen and oxygen atoms in total. The van der Waals surface area contributed by atoms with Crippen LogP contribution in [0.15, 0.2) is 24.3 Å². The zero-order valence-corrected chi connectivity index (χ0v) is 10.6. The molecule has 2 rings (SSSR count). The number of hydrogen-bond donors (Lipinski definition) is 2. The highest BCUT2D eigenvalue weighted by Gasteiger charge is 2.34. The van der Waals surface area contributed by atoms with E-state index in [4.69, 9.17) is 5.73 Å². The Kier molecular flexibility index (Phi) is 4.65. The van der Waals surface area contributed by atoms with E-state index in [2.05, 4.69) is 5.32 Å². The van der Waals surface area contributed by atoms with Crippen LogP contribution in [0.3, 0.4) is 0 Å². The van der Waals surface area contributed by atoms with Crippen LogP contribution in [0.1, 0.15) is 0 Å². The molecular weight excluding hydrogens is 283 g/mol. The van der Waals surface area contributed by atoms with Crippen molar-refractivity contribution in [2.45, 2.75) is 12.2 Å². The number of benzene rings is 1. The van der Waals surface area contributed by atoms with Crippen molar-refractivity contribution in [3.8, 4) is 0 Å². The van der Waals surface area contributed by atoms with Crippen molar-refractivity contribution in [2.75, 3.05) is 23.3 Å². The Bertz CT molecular complexity index is 467. The third-order valence-electron chi connectivity index (χ3n) is 2.63. The topological polar surface area (TPSA) is 58.4 Å². The number of rotatable bonds is 1. The van der Waals surface area contributed by atoms with Gasteiger partial charge < -0.3 is 16.0 Å². The Labute approximate surface area is 114 Å². The summed E-state index contributed by atoms with van der Waals surface area (Å²) in [4.78, 5) is 12.6. The van der Waals surface area contributed by atoms with E-state index in [9.17, 15) is 18.0 Å². The maximum Gasteiger partial charge on any atom is 0.405 e. The van der Waals surface area contributed by atoms with Gasteiger partial charge in [-0.3, -0.25) is 4.79 Å². The number of nitrogens with zero attached hydrogens (tertiary/aromatic N) is 1. The predicted molar refractivity (Wildman–Crippen MR) is 68.6 cm³/mol. The van der Waals surface area contributed by atoms with Gasteiger partial charge in [0.1, 0.15) is 12.6 Å². The first-order valence-electron chi connectivity index (χ1n) is 5.34. The largest absolute Gasteiger partial charge is 0.405 e. The molecule has 1 aliphatic rings. The summed E-state index contributed by atoms with van der Waals surface area (Å²) in [7, 11) is 0. The van der Waals surface area contributed by atoms with E-state index in [0.717, 1.165) is 4.90 Å². The standard InChI is InChI=1S/C11H12F3N3O.ClH/c12-11(13,14)6-17-5-7(15)10(18)16-8-3-1-2-4-9(8)17;/h1-4,7H,5-6,15H2,(H,16,18);1H/t7-;/m0./s1. The zero-order valence-electron chi connectivity index (χ0n) is 9.78. The van der Waals surface area contributed by atoms with Gasteiger partial charge in [-0.15, -0.1) is 12.4 Å². The Morgan fingerprint density at radius 1 is 1.37 bits per heavy atom. The van der Waals surface area contributed by atoms with Crippen LogP contribution in [-0.4, -0.2) is 31.2 Å². The molecule has 0 aromatic heterocycles. The number of amides is 1. The first-order valence-corrected chi connectivity index (χ1v) is 5.34. The van der Waals surface area contributed by atoms with Gasteiger partial charge in [-0.25, -0.2) is 0 Å². The maximum atomic E-state index is 12.5. The third-order valence-corrected chi connectivity index (χ3v) is 2.63. The van der Waals surface area contributed by atoms with Crippen LogP contribution in [-0.2, 0) is 4.79 Å². The number of fused-ring (bicyclic) bond motifs is 1. The fourth-order valence-electron chi connectivity index (χ4n) is 1.87. The molecule has 106 valence electrons. The van der Waals surface area contributed by atoms with E-state index in [1.807, 2.05) is 0 Å². The monoisotopic (exact) mass is 295 g/mol. The van der Waals surface area contributed by atoms with Gasteiger partial charge in [-0.2, -0.15) is 13.2 Å². The van der Waals surface area contributed by atoms with Gasteiger partial charge in [-0.05, 0) is 12.1 Å². The summed E-state index contributed by atoms with van der Waals surface area (Å²) >= 11 is 0. The molecule has 0 bridgehead atoms. The van der Waals surface area contributed by atoms with Gasteiger partial charge >= 0.3 is 6.18 Å². The molecule has 1 amide bonds. The number of alkyl halides is 3. The van der Waals surface area contributed by atoms with Crippen LogP contribution >= 0.6 is 12.4 Å². The second-order valence-corrected chi connectivity index (χ2v) is 4.11. The summed E-state index contributed by atoms with van der Waals surface area (Å²) in [6.07, 6.45) is -4.35. The van der Waals surface area contributed by atoms with Gasteiger partial charge in [0.2, 0.25) is 5.91 Å². The molecular formula is C11H13ClF3N3O. The minimum absolute atomic E-state index is 0. The fourth-order valence-corrected chi connectivity index (χ4v) is 1.87. The van der Waals surface area contributed by atoms with Gasteiger partial charge in [0, 0.05) is 6.54 Å². The Morgan fingerprint density at radius 3 is 2.63 bits per heavy atom. The fraction of sp³-hybridized carbons (Fsp3) is 0.364. The molecule has 0 radical (unpaired) electrons. The lowest BCUT2D eigenvalue weighted by Gasteiger charge is -2.26. The minimum Gasteiger partial charge on any atom is -0.359 e. The summed E-state index contributed by atoms with van der Waals surface area (Å²) in [5.41, 5.74) is 6.22. The van der Waals surface area contributed by atoms with Crippen LogP contribution in [0.4, 0.5) is 24.5 Å². The molecule has 0 fully saturated rings. The van der Waals surface area contributed by atoms with E-state index in [-0.39, 0.29) is 19.0 Å². The number of nitrogens with one attached hydrogen (secondary N) is 1. The highest BCUT2D eigenvalue weighted by atomic mass is 35.5. The number of anilines is 2. The summed E-state index contributed by atoms with van der Waals surface area (Å²) in [6, 6.07) is 5.35. The molecule has 1 aliphatic heterocycles. The van der Waals surface area contributed by atoms with Crippen molar-refractivity contribution >= 4 is 29.7 Å². The predicted octanol–water partition coefficient (Wildman–Crippen LogP) is 1.76. The molecule has 1 atom stereocenters. The molecule has 1 aromatic rings. The lowest BCUT2D eigenvalue weighted by molar-refractivity contribution is -0.121. The van der Waals surface area contributed by atoms with E-state index in [1.165, 1.54) is 6.07 Å². The van der Waals surface area contributed by atoms with Crippen LogP contribution in [0.25, 0.3) is 0 Å².